The Kier molecular flexibility index (Phi) is 3.27. The minimum atomic E-state index is -0.653. The second kappa shape index (κ2) is 3.82. The summed E-state index contributed by atoms with van der Waals surface area (Å²) in [7, 11) is 0. The standard InChI is InChI=1S/C12H24O2/c1-9-12(5,13)8-6-7-10(14-9)11(2,3)4/h9-10,13H,6-8H2,1-5H3/t9-,10-,12+/m0/s1. The molecule has 1 heterocycles. The van der Waals surface area contributed by atoms with Crippen molar-refractivity contribution in [3.8, 4) is 0 Å². The fraction of sp³-hybridized carbons (Fsp3) is 1.00. The van der Waals surface area contributed by atoms with Crippen molar-refractivity contribution in [2.24, 2.45) is 5.41 Å². The highest BCUT2D eigenvalue weighted by Gasteiger charge is 2.37. The average Bonchev–Trinajstić information content (AvgIpc) is 2.10. The first kappa shape index (κ1) is 12.0. The highest BCUT2D eigenvalue weighted by atomic mass is 16.5. The van der Waals surface area contributed by atoms with E-state index in [1.165, 1.54) is 0 Å². The smallest absolute Gasteiger partial charge is 0.0877 e. The van der Waals surface area contributed by atoms with E-state index < -0.39 is 5.60 Å². The third kappa shape index (κ3) is 2.71. The molecule has 2 nitrogen and oxygen atoms in total. The van der Waals surface area contributed by atoms with Crippen LogP contribution in [0.1, 0.15) is 53.9 Å². The van der Waals surface area contributed by atoms with Crippen LogP contribution in [0.3, 0.4) is 0 Å². The summed E-state index contributed by atoms with van der Waals surface area (Å²) in [6, 6.07) is 0. The SMILES string of the molecule is C[C@@H]1O[C@H](C(C)(C)C)CCC[C@@]1(C)O. The van der Waals surface area contributed by atoms with Gasteiger partial charge in [-0.05, 0) is 38.5 Å². The highest BCUT2D eigenvalue weighted by Crippen LogP contribution is 2.34. The predicted molar refractivity (Wildman–Crippen MR) is 58.3 cm³/mol. The van der Waals surface area contributed by atoms with Crippen molar-refractivity contribution < 1.29 is 9.84 Å². The van der Waals surface area contributed by atoms with Crippen LogP contribution >= 0.6 is 0 Å². The van der Waals surface area contributed by atoms with Crippen molar-refractivity contribution in [3.63, 3.8) is 0 Å². The van der Waals surface area contributed by atoms with Gasteiger partial charge in [0.2, 0.25) is 0 Å². The van der Waals surface area contributed by atoms with E-state index in [9.17, 15) is 5.11 Å². The minimum Gasteiger partial charge on any atom is -0.387 e. The van der Waals surface area contributed by atoms with E-state index in [2.05, 4.69) is 20.8 Å². The van der Waals surface area contributed by atoms with Gasteiger partial charge in [0, 0.05) is 0 Å². The van der Waals surface area contributed by atoms with Gasteiger partial charge in [-0.1, -0.05) is 20.8 Å². The fourth-order valence-electron chi connectivity index (χ4n) is 1.95. The Hall–Kier alpha value is -0.0800. The number of rotatable bonds is 0. The maximum absolute atomic E-state index is 10.1. The van der Waals surface area contributed by atoms with Crippen LogP contribution in [0.15, 0.2) is 0 Å². The Morgan fingerprint density at radius 2 is 1.93 bits per heavy atom. The maximum Gasteiger partial charge on any atom is 0.0877 e. The second-order valence-corrected chi connectivity index (χ2v) is 5.88. The molecule has 0 aliphatic carbocycles. The molecule has 0 spiro atoms. The van der Waals surface area contributed by atoms with Gasteiger partial charge in [0.15, 0.2) is 0 Å². The van der Waals surface area contributed by atoms with Crippen LogP contribution in [0, 0.1) is 5.41 Å². The van der Waals surface area contributed by atoms with Crippen molar-refractivity contribution in [3.05, 3.63) is 0 Å². The van der Waals surface area contributed by atoms with E-state index in [1.54, 1.807) is 0 Å². The van der Waals surface area contributed by atoms with Crippen LogP contribution in [0.2, 0.25) is 0 Å². The van der Waals surface area contributed by atoms with Crippen LogP contribution in [0.4, 0.5) is 0 Å². The molecule has 0 bridgehead atoms. The van der Waals surface area contributed by atoms with E-state index in [0.717, 1.165) is 19.3 Å². The molecule has 2 heteroatoms. The Morgan fingerprint density at radius 1 is 1.36 bits per heavy atom. The summed E-state index contributed by atoms with van der Waals surface area (Å²) in [5.74, 6) is 0. The van der Waals surface area contributed by atoms with Crippen LogP contribution in [0.25, 0.3) is 0 Å². The molecule has 84 valence electrons. The van der Waals surface area contributed by atoms with E-state index in [0.29, 0.717) is 0 Å². The molecule has 0 amide bonds. The summed E-state index contributed by atoms with van der Waals surface area (Å²) in [6.45, 7) is 10.5. The monoisotopic (exact) mass is 200 g/mol. The largest absolute Gasteiger partial charge is 0.387 e. The molecule has 0 aromatic carbocycles. The van der Waals surface area contributed by atoms with Crippen molar-refractivity contribution in [1.82, 2.24) is 0 Å². The van der Waals surface area contributed by atoms with Crippen LogP contribution in [0.5, 0.6) is 0 Å². The summed E-state index contributed by atoms with van der Waals surface area (Å²) in [6.07, 6.45) is 3.17. The van der Waals surface area contributed by atoms with E-state index in [-0.39, 0.29) is 17.6 Å². The van der Waals surface area contributed by atoms with Gasteiger partial charge in [-0.25, -0.2) is 0 Å². The van der Waals surface area contributed by atoms with E-state index in [1.807, 2.05) is 13.8 Å². The molecule has 0 unspecified atom stereocenters. The summed E-state index contributed by atoms with van der Waals surface area (Å²) < 4.78 is 5.94. The first-order valence-electron chi connectivity index (χ1n) is 5.61. The van der Waals surface area contributed by atoms with Gasteiger partial charge in [0.25, 0.3) is 0 Å². The third-order valence-corrected chi connectivity index (χ3v) is 3.36. The normalized spacial score (nSPS) is 40.7. The molecule has 1 aliphatic rings. The number of hydrogen-bond acceptors (Lipinski definition) is 2. The van der Waals surface area contributed by atoms with Crippen molar-refractivity contribution in [1.29, 1.82) is 0 Å². The summed E-state index contributed by atoms with van der Waals surface area (Å²) in [4.78, 5) is 0. The lowest BCUT2D eigenvalue weighted by molar-refractivity contribution is -0.129. The quantitative estimate of drug-likeness (QED) is 0.651. The zero-order chi connectivity index (χ0) is 11.0. The first-order chi connectivity index (χ1) is 6.23. The van der Waals surface area contributed by atoms with Gasteiger partial charge in [0.05, 0.1) is 17.8 Å². The lowest BCUT2D eigenvalue weighted by Crippen LogP contribution is -2.41. The summed E-state index contributed by atoms with van der Waals surface area (Å²) >= 11 is 0. The average molecular weight is 200 g/mol. The van der Waals surface area contributed by atoms with Crippen LogP contribution < -0.4 is 0 Å². The molecular formula is C12H24O2. The molecule has 3 atom stereocenters. The van der Waals surface area contributed by atoms with E-state index >= 15 is 0 Å². The van der Waals surface area contributed by atoms with E-state index in [4.69, 9.17) is 4.74 Å². The molecular weight excluding hydrogens is 176 g/mol. The van der Waals surface area contributed by atoms with Gasteiger partial charge in [-0.3, -0.25) is 0 Å². The predicted octanol–water partition coefficient (Wildman–Crippen LogP) is 2.74. The van der Waals surface area contributed by atoms with Gasteiger partial charge in [0.1, 0.15) is 0 Å². The van der Waals surface area contributed by atoms with Gasteiger partial charge in [-0.15, -0.1) is 0 Å². The first-order valence-corrected chi connectivity index (χ1v) is 5.61. The van der Waals surface area contributed by atoms with Gasteiger partial charge < -0.3 is 9.84 Å². The van der Waals surface area contributed by atoms with Crippen LogP contribution in [-0.4, -0.2) is 22.9 Å². The molecule has 1 saturated heterocycles. The molecule has 0 aromatic rings. The van der Waals surface area contributed by atoms with Gasteiger partial charge >= 0.3 is 0 Å². The molecule has 0 saturated carbocycles. The Labute approximate surface area is 87.7 Å². The maximum atomic E-state index is 10.1. The van der Waals surface area contributed by atoms with Crippen LogP contribution in [-0.2, 0) is 4.74 Å². The van der Waals surface area contributed by atoms with Crippen molar-refractivity contribution >= 4 is 0 Å². The lowest BCUT2D eigenvalue weighted by atomic mass is 9.86. The molecule has 0 radical (unpaired) electrons. The molecule has 1 fully saturated rings. The molecule has 14 heavy (non-hydrogen) atoms. The van der Waals surface area contributed by atoms with Gasteiger partial charge in [-0.2, -0.15) is 0 Å². The summed E-state index contributed by atoms with van der Waals surface area (Å²) in [5, 5.41) is 10.1. The summed E-state index contributed by atoms with van der Waals surface area (Å²) in [5.41, 5.74) is -0.478. The molecule has 1 aliphatic heterocycles. The number of aliphatic hydroxyl groups is 1. The minimum absolute atomic E-state index is 0.0609. The topological polar surface area (TPSA) is 29.5 Å². The third-order valence-electron chi connectivity index (χ3n) is 3.36. The lowest BCUT2D eigenvalue weighted by Gasteiger charge is -2.34. The van der Waals surface area contributed by atoms with Crippen molar-refractivity contribution in [2.45, 2.75) is 71.7 Å². The number of ether oxygens (including phenoxy) is 1. The highest BCUT2D eigenvalue weighted by molar-refractivity contribution is 4.87. The molecule has 0 aromatic heterocycles. The molecule has 1 rings (SSSR count). The Morgan fingerprint density at radius 3 is 2.43 bits per heavy atom. The number of hydrogen-bond donors (Lipinski definition) is 1. The zero-order valence-electron chi connectivity index (χ0n) is 10.1. The fourth-order valence-corrected chi connectivity index (χ4v) is 1.95. The molecule has 1 N–H and O–H groups in total. The van der Waals surface area contributed by atoms with Crippen molar-refractivity contribution in [2.75, 3.05) is 0 Å². The Bertz CT molecular complexity index is 191. The zero-order valence-corrected chi connectivity index (χ0v) is 10.1. The Balaban J connectivity index is 2.70. The second-order valence-electron chi connectivity index (χ2n) is 5.88.